The maximum Gasteiger partial charge on any atom is 0.310 e. The molecule has 0 aromatic heterocycles. The lowest BCUT2D eigenvalue weighted by Gasteiger charge is -2.22. The van der Waals surface area contributed by atoms with Gasteiger partial charge in [0, 0.05) is 0 Å². The molecule has 2 aromatic rings. The number of hydrogen-bond donors (Lipinski definition) is 0. The molecule has 2 nitrogen and oxygen atoms in total. The fourth-order valence-electron chi connectivity index (χ4n) is 2.28. The highest BCUT2D eigenvalue weighted by Crippen LogP contribution is 2.44. The molecular weight excluding hydrogens is 473 g/mol. The van der Waals surface area contributed by atoms with Gasteiger partial charge in [-0.25, -0.2) is 35.1 Å². The molecule has 0 saturated carbocycles. The number of carbonyl (C=O) groups excluding carboxylic acids is 2. The monoisotopic (exact) mass is 472 g/mol. The van der Waals surface area contributed by atoms with Gasteiger partial charge >= 0.3 is 5.92 Å². The Labute approximate surface area is 162 Å². The molecule has 0 saturated heterocycles. The number of rotatable bonds is 4. The first kappa shape index (κ1) is 22.9. The van der Waals surface area contributed by atoms with Crippen molar-refractivity contribution in [3.63, 3.8) is 0 Å². The Hall–Kier alpha value is -2.34. The third-order valence-electron chi connectivity index (χ3n) is 3.55. The van der Waals surface area contributed by atoms with Crippen LogP contribution in [-0.4, -0.2) is 10.5 Å². The lowest BCUT2D eigenvalue weighted by atomic mass is 9.94. The minimum atomic E-state index is -5.80. The van der Waals surface area contributed by atoms with Crippen LogP contribution in [0.4, 0.5) is 43.9 Å². The van der Waals surface area contributed by atoms with E-state index >= 15 is 0 Å². The largest absolute Gasteiger partial charge is 0.310 e. The molecule has 29 heavy (non-hydrogen) atoms. The quantitative estimate of drug-likeness (QED) is 0.325. The van der Waals surface area contributed by atoms with E-state index in [0.717, 1.165) is 0 Å². The highest BCUT2D eigenvalue weighted by atomic mass is 35.5. The molecule has 0 aliphatic carbocycles. The standard InChI is InChI=1S/C15Cl2F10O2/c16-13(28)1-5(18)9(22)3(10(23)6(1)19)15(26,27)4-11(24)7(20)2(14(17)29)8(21)12(4)25. The summed E-state index contributed by atoms with van der Waals surface area (Å²) in [6.45, 7) is 0. The Kier molecular flexibility index (Phi) is 5.92. The van der Waals surface area contributed by atoms with E-state index in [2.05, 4.69) is 23.2 Å². The molecule has 2 aromatic carbocycles. The molecule has 14 heteroatoms. The zero-order valence-electron chi connectivity index (χ0n) is 12.9. The minimum Gasteiger partial charge on any atom is -0.275 e. The van der Waals surface area contributed by atoms with Gasteiger partial charge in [-0.05, 0) is 23.2 Å². The molecule has 0 atom stereocenters. The van der Waals surface area contributed by atoms with Gasteiger partial charge in [-0.2, -0.15) is 8.78 Å². The first-order valence-corrected chi connectivity index (χ1v) is 7.43. The van der Waals surface area contributed by atoms with Gasteiger partial charge in [0.15, 0.2) is 46.5 Å². The smallest absolute Gasteiger partial charge is 0.275 e. The first-order chi connectivity index (χ1) is 13.2. The minimum absolute atomic E-state index is 2.15. The van der Waals surface area contributed by atoms with E-state index in [0.29, 0.717) is 0 Å². The van der Waals surface area contributed by atoms with Crippen LogP contribution in [0.5, 0.6) is 0 Å². The Bertz CT molecular complexity index is 942. The van der Waals surface area contributed by atoms with Crippen molar-refractivity contribution in [1.29, 1.82) is 0 Å². The van der Waals surface area contributed by atoms with E-state index in [1.54, 1.807) is 0 Å². The van der Waals surface area contributed by atoms with Gasteiger partial charge in [-0.1, -0.05) is 0 Å². The summed E-state index contributed by atoms with van der Waals surface area (Å²) in [5, 5.41) is -4.32. The van der Waals surface area contributed by atoms with Crippen molar-refractivity contribution in [2.45, 2.75) is 5.92 Å². The number of benzene rings is 2. The van der Waals surface area contributed by atoms with E-state index in [-0.39, 0.29) is 0 Å². The van der Waals surface area contributed by atoms with Crippen LogP contribution in [0, 0.1) is 46.5 Å². The number of halogens is 12. The van der Waals surface area contributed by atoms with Crippen molar-refractivity contribution in [3.8, 4) is 0 Å². The normalized spacial score (nSPS) is 11.7. The van der Waals surface area contributed by atoms with Gasteiger partial charge in [-0.15, -0.1) is 0 Å². The Morgan fingerprint density at radius 3 is 0.897 bits per heavy atom. The second-order valence-corrected chi connectivity index (χ2v) is 5.82. The second-order valence-electron chi connectivity index (χ2n) is 5.13. The van der Waals surface area contributed by atoms with Gasteiger partial charge in [0.2, 0.25) is 0 Å². The fourth-order valence-corrected chi connectivity index (χ4v) is 2.62. The van der Waals surface area contributed by atoms with Crippen LogP contribution in [0.25, 0.3) is 0 Å². The maximum atomic E-state index is 14.5. The van der Waals surface area contributed by atoms with Crippen LogP contribution in [-0.2, 0) is 5.92 Å². The van der Waals surface area contributed by atoms with Crippen molar-refractivity contribution in [1.82, 2.24) is 0 Å². The molecule has 0 fully saturated rings. The van der Waals surface area contributed by atoms with Crippen LogP contribution in [0.1, 0.15) is 31.8 Å². The lowest BCUT2D eigenvalue weighted by molar-refractivity contribution is 0.0233. The number of alkyl halides is 2. The van der Waals surface area contributed by atoms with Gasteiger partial charge in [0.05, 0.1) is 0 Å². The summed E-state index contributed by atoms with van der Waals surface area (Å²) >= 11 is 9.35. The molecule has 2 rings (SSSR count). The van der Waals surface area contributed by atoms with E-state index < -0.39 is 85.2 Å². The molecule has 156 valence electrons. The molecule has 0 spiro atoms. The predicted octanol–water partition coefficient (Wildman–Crippen LogP) is 5.70. The Balaban J connectivity index is 3.00. The summed E-state index contributed by atoms with van der Waals surface area (Å²) in [7, 11) is 0. The van der Waals surface area contributed by atoms with Crippen LogP contribution in [0.15, 0.2) is 0 Å². The molecule has 0 aliphatic rings. The van der Waals surface area contributed by atoms with Crippen molar-refractivity contribution in [2.75, 3.05) is 0 Å². The van der Waals surface area contributed by atoms with Crippen LogP contribution in [0.3, 0.4) is 0 Å². The average Bonchev–Trinajstić information content (AvgIpc) is 2.58. The van der Waals surface area contributed by atoms with Crippen LogP contribution < -0.4 is 0 Å². The van der Waals surface area contributed by atoms with Crippen LogP contribution >= 0.6 is 23.2 Å². The second kappa shape index (κ2) is 7.48. The highest BCUT2D eigenvalue weighted by Gasteiger charge is 2.50. The van der Waals surface area contributed by atoms with Crippen molar-refractivity contribution in [3.05, 3.63) is 68.8 Å². The van der Waals surface area contributed by atoms with Crippen molar-refractivity contribution >= 4 is 33.7 Å². The SMILES string of the molecule is O=C(Cl)c1c(F)c(F)c(C(F)(F)c2c(F)c(F)c(C(=O)Cl)c(F)c2F)c(F)c1F. The molecule has 0 radical (unpaired) electrons. The predicted molar refractivity (Wildman–Crippen MR) is 75.9 cm³/mol. The third kappa shape index (κ3) is 3.33. The average molecular weight is 473 g/mol. The van der Waals surface area contributed by atoms with Gasteiger partial charge in [0.25, 0.3) is 10.5 Å². The molecular formula is C15Cl2F10O2. The molecule has 0 heterocycles. The topological polar surface area (TPSA) is 34.1 Å². The van der Waals surface area contributed by atoms with E-state index in [9.17, 15) is 53.5 Å². The summed E-state index contributed by atoms with van der Waals surface area (Å²) in [4.78, 5) is 21.6. The van der Waals surface area contributed by atoms with E-state index in [1.165, 1.54) is 0 Å². The molecule has 0 N–H and O–H groups in total. The zero-order valence-corrected chi connectivity index (χ0v) is 14.4. The molecule has 0 aliphatic heterocycles. The fraction of sp³-hybridized carbons (Fsp3) is 0.0667. The zero-order chi connectivity index (χ0) is 22.6. The van der Waals surface area contributed by atoms with Crippen LogP contribution in [0.2, 0.25) is 0 Å². The summed E-state index contributed by atoms with van der Waals surface area (Å²) in [5.41, 5.74) is -10.4. The maximum absolute atomic E-state index is 14.5. The number of carbonyl (C=O) groups is 2. The lowest BCUT2D eigenvalue weighted by Crippen LogP contribution is -2.27. The number of hydrogen-bond acceptors (Lipinski definition) is 2. The Morgan fingerprint density at radius 1 is 0.517 bits per heavy atom. The van der Waals surface area contributed by atoms with Crippen molar-refractivity contribution in [2.24, 2.45) is 0 Å². The van der Waals surface area contributed by atoms with Gasteiger partial charge in [-0.3, -0.25) is 9.59 Å². The Morgan fingerprint density at radius 2 is 0.724 bits per heavy atom. The summed E-state index contributed by atoms with van der Waals surface area (Å²) in [6, 6.07) is 0. The van der Waals surface area contributed by atoms with Gasteiger partial charge in [0.1, 0.15) is 22.3 Å². The molecule has 0 amide bonds. The first-order valence-electron chi connectivity index (χ1n) is 6.68. The highest BCUT2D eigenvalue weighted by molar-refractivity contribution is 6.68. The summed E-state index contributed by atoms with van der Waals surface area (Å²) in [5.74, 6) is -29.0. The van der Waals surface area contributed by atoms with E-state index in [4.69, 9.17) is 0 Å². The summed E-state index contributed by atoms with van der Waals surface area (Å²) < 4.78 is 140. The van der Waals surface area contributed by atoms with Gasteiger partial charge < -0.3 is 0 Å². The summed E-state index contributed by atoms with van der Waals surface area (Å²) in [6.07, 6.45) is 0. The van der Waals surface area contributed by atoms with Crippen molar-refractivity contribution < 1.29 is 53.5 Å². The van der Waals surface area contributed by atoms with E-state index in [1.807, 2.05) is 0 Å². The third-order valence-corrected chi connectivity index (χ3v) is 3.93. The molecule has 0 unspecified atom stereocenters. The molecule has 0 bridgehead atoms.